The van der Waals surface area contributed by atoms with Crippen molar-refractivity contribution < 1.29 is 9.53 Å². The van der Waals surface area contributed by atoms with Crippen LogP contribution in [0.25, 0.3) is 0 Å². The third-order valence-electron chi connectivity index (χ3n) is 1.75. The van der Waals surface area contributed by atoms with Gasteiger partial charge in [-0.15, -0.1) is 0 Å². The standard InChI is InChI=1S/C9H11N2O2/c1-6(9(10)12)7-3-4-8(13-2)11-5-7/h3-5H,1-2H3,(H2,10,12). The van der Waals surface area contributed by atoms with Gasteiger partial charge in [-0.1, -0.05) is 6.07 Å². The van der Waals surface area contributed by atoms with E-state index in [1.807, 2.05) is 0 Å². The minimum atomic E-state index is -0.438. The van der Waals surface area contributed by atoms with Gasteiger partial charge < -0.3 is 10.5 Å². The van der Waals surface area contributed by atoms with Crippen molar-refractivity contribution >= 4 is 5.91 Å². The van der Waals surface area contributed by atoms with Gasteiger partial charge in [-0.25, -0.2) is 4.98 Å². The summed E-state index contributed by atoms with van der Waals surface area (Å²) in [6.45, 7) is 1.66. The average Bonchev–Trinajstić information content (AvgIpc) is 2.17. The van der Waals surface area contributed by atoms with E-state index >= 15 is 0 Å². The van der Waals surface area contributed by atoms with Crippen LogP contribution in [0.3, 0.4) is 0 Å². The first-order valence-corrected chi connectivity index (χ1v) is 3.79. The van der Waals surface area contributed by atoms with Gasteiger partial charge in [-0.05, 0) is 12.5 Å². The zero-order chi connectivity index (χ0) is 9.84. The van der Waals surface area contributed by atoms with Crippen LogP contribution < -0.4 is 10.5 Å². The number of primary amides is 1. The zero-order valence-electron chi connectivity index (χ0n) is 7.57. The Morgan fingerprint density at radius 3 is 2.62 bits per heavy atom. The second-order valence-corrected chi connectivity index (χ2v) is 2.58. The van der Waals surface area contributed by atoms with Crippen molar-refractivity contribution in [2.45, 2.75) is 6.92 Å². The van der Waals surface area contributed by atoms with Crippen molar-refractivity contribution in [1.82, 2.24) is 4.98 Å². The lowest BCUT2D eigenvalue weighted by atomic mass is 10.0. The number of ether oxygens (including phenoxy) is 1. The molecule has 13 heavy (non-hydrogen) atoms. The summed E-state index contributed by atoms with van der Waals surface area (Å²) in [5.41, 5.74) is 5.82. The van der Waals surface area contributed by atoms with Crippen molar-refractivity contribution in [2.75, 3.05) is 7.11 Å². The quantitative estimate of drug-likeness (QED) is 0.735. The maximum atomic E-state index is 10.8. The monoisotopic (exact) mass is 179 g/mol. The van der Waals surface area contributed by atoms with E-state index in [2.05, 4.69) is 4.98 Å². The Balaban J connectivity index is 2.85. The van der Waals surface area contributed by atoms with Gasteiger partial charge in [-0.2, -0.15) is 0 Å². The molecule has 2 N–H and O–H groups in total. The van der Waals surface area contributed by atoms with E-state index in [1.165, 1.54) is 7.11 Å². The molecule has 0 saturated heterocycles. The Morgan fingerprint density at radius 1 is 1.54 bits per heavy atom. The molecule has 4 heteroatoms. The van der Waals surface area contributed by atoms with E-state index < -0.39 is 5.91 Å². The molecule has 0 aliphatic rings. The normalized spacial score (nSPS) is 10.1. The summed E-state index contributed by atoms with van der Waals surface area (Å²) in [5, 5.41) is 0. The summed E-state index contributed by atoms with van der Waals surface area (Å²) in [6.07, 6.45) is 1.55. The number of carbonyl (C=O) groups is 1. The fourth-order valence-corrected chi connectivity index (χ4v) is 0.865. The van der Waals surface area contributed by atoms with Crippen molar-refractivity contribution in [3.05, 3.63) is 29.8 Å². The molecule has 1 aromatic heterocycles. The fourth-order valence-electron chi connectivity index (χ4n) is 0.865. The highest BCUT2D eigenvalue weighted by Gasteiger charge is 2.12. The molecule has 0 aromatic carbocycles. The Kier molecular flexibility index (Phi) is 2.84. The van der Waals surface area contributed by atoms with Crippen LogP contribution in [0.2, 0.25) is 0 Å². The minimum Gasteiger partial charge on any atom is -0.481 e. The van der Waals surface area contributed by atoms with Gasteiger partial charge in [0.2, 0.25) is 11.8 Å². The molecule has 1 heterocycles. The molecule has 1 radical (unpaired) electrons. The summed E-state index contributed by atoms with van der Waals surface area (Å²) in [5.74, 6) is 0.572. The van der Waals surface area contributed by atoms with Crippen LogP contribution in [0.5, 0.6) is 5.88 Å². The molecule has 0 spiro atoms. The number of rotatable bonds is 3. The summed E-state index contributed by atoms with van der Waals surface area (Å²) < 4.78 is 4.87. The predicted molar refractivity (Wildman–Crippen MR) is 48.0 cm³/mol. The third-order valence-corrected chi connectivity index (χ3v) is 1.75. The van der Waals surface area contributed by atoms with Gasteiger partial charge in [-0.3, -0.25) is 4.79 Å². The van der Waals surface area contributed by atoms with Gasteiger partial charge in [0.25, 0.3) is 0 Å². The van der Waals surface area contributed by atoms with Crippen LogP contribution in [-0.2, 0) is 4.79 Å². The van der Waals surface area contributed by atoms with Crippen molar-refractivity contribution in [3.63, 3.8) is 0 Å². The number of hydrogen-bond acceptors (Lipinski definition) is 3. The number of nitrogens with two attached hydrogens (primary N) is 1. The number of carbonyl (C=O) groups excluding carboxylic acids is 1. The first-order valence-electron chi connectivity index (χ1n) is 3.79. The number of hydrogen-bond donors (Lipinski definition) is 1. The highest BCUT2D eigenvalue weighted by atomic mass is 16.5. The largest absolute Gasteiger partial charge is 0.481 e. The van der Waals surface area contributed by atoms with Gasteiger partial charge in [0, 0.05) is 12.3 Å². The minimum absolute atomic E-state index is 0.438. The Hall–Kier alpha value is -1.58. The van der Waals surface area contributed by atoms with Gasteiger partial charge in [0.1, 0.15) is 0 Å². The lowest BCUT2D eigenvalue weighted by Gasteiger charge is -2.06. The lowest BCUT2D eigenvalue weighted by molar-refractivity contribution is -0.115. The van der Waals surface area contributed by atoms with Crippen LogP contribution >= 0.6 is 0 Å². The van der Waals surface area contributed by atoms with Gasteiger partial charge in [0.05, 0.1) is 13.0 Å². The maximum absolute atomic E-state index is 10.8. The van der Waals surface area contributed by atoms with E-state index in [0.717, 1.165) is 0 Å². The highest BCUT2D eigenvalue weighted by Crippen LogP contribution is 2.14. The summed E-state index contributed by atoms with van der Waals surface area (Å²) >= 11 is 0. The molecule has 4 nitrogen and oxygen atoms in total. The number of nitrogens with zero attached hydrogens (tertiary/aromatic N) is 1. The van der Waals surface area contributed by atoms with Crippen LogP contribution in [0.1, 0.15) is 12.5 Å². The number of amides is 1. The SMILES string of the molecule is COc1ccc([C](C)C(N)=O)cn1. The Labute approximate surface area is 76.7 Å². The van der Waals surface area contributed by atoms with Crippen LogP contribution in [0, 0.1) is 5.92 Å². The number of pyridine rings is 1. The molecule has 1 rings (SSSR count). The molecule has 0 saturated carbocycles. The molecule has 1 amide bonds. The van der Waals surface area contributed by atoms with Crippen LogP contribution in [0.15, 0.2) is 18.3 Å². The first kappa shape index (κ1) is 9.51. The third kappa shape index (κ3) is 2.18. The summed E-state index contributed by atoms with van der Waals surface area (Å²) in [7, 11) is 1.53. The maximum Gasteiger partial charge on any atom is 0.229 e. The topological polar surface area (TPSA) is 65.2 Å². The smallest absolute Gasteiger partial charge is 0.229 e. The van der Waals surface area contributed by atoms with E-state index in [4.69, 9.17) is 10.5 Å². The van der Waals surface area contributed by atoms with E-state index in [0.29, 0.717) is 17.4 Å². The Bertz CT molecular complexity index is 295. The molecule has 0 atom stereocenters. The van der Waals surface area contributed by atoms with E-state index in [1.54, 1.807) is 25.3 Å². The molecule has 0 aliphatic carbocycles. The van der Waals surface area contributed by atoms with Crippen molar-refractivity contribution in [1.29, 1.82) is 0 Å². The number of aromatic nitrogens is 1. The van der Waals surface area contributed by atoms with Crippen LogP contribution in [-0.4, -0.2) is 18.0 Å². The molecule has 69 valence electrons. The number of methoxy groups -OCH3 is 1. The zero-order valence-corrected chi connectivity index (χ0v) is 7.57. The highest BCUT2D eigenvalue weighted by molar-refractivity contribution is 5.92. The van der Waals surface area contributed by atoms with Crippen LogP contribution in [0.4, 0.5) is 0 Å². The van der Waals surface area contributed by atoms with Gasteiger partial charge >= 0.3 is 0 Å². The first-order chi connectivity index (χ1) is 6.15. The van der Waals surface area contributed by atoms with E-state index in [-0.39, 0.29) is 0 Å². The molecular formula is C9H11N2O2. The van der Waals surface area contributed by atoms with E-state index in [9.17, 15) is 4.79 Å². The molecule has 0 aliphatic heterocycles. The van der Waals surface area contributed by atoms with Crippen molar-refractivity contribution in [3.8, 4) is 5.88 Å². The lowest BCUT2D eigenvalue weighted by Crippen LogP contribution is -2.19. The molecule has 0 unspecified atom stereocenters. The molecule has 0 bridgehead atoms. The molecule has 0 fully saturated rings. The molecule has 1 aromatic rings. The Morgan fingerprint density at radius 2 is 2.23 bits per heavy atom. The fraction of sp³-hybridized carbons (Fsp3) is 0.222. The average molecular weight is 179 g/mol. The molecular weight excluding hydrogens is 168 g/mol. The second-order valence-electron chi connectivity index (χ2n) is 2.58. The second kappa shape index (κ2) is 3.89. The van der Waals surface area contributed by atoms with Gasteiger partial charge in [0.15, 0.2) is 0 Å². The predicted octanol–water partition coefficient (Wildman–Crippen LogP) is 0.518. The summed E-state index contributed by atoms with van der Waals surface area (Å²) in [4.78, 5) is 14.7. The van der Waals surface area contributed by atoms with Crippen molar-refractivity contribution in [2.24, 2.45) is 5.73 Å². The summed E-state index contributed by atoms with van der Waals surface area (Å²) in [6, 6.07) is 3.42.